The maximum Gasteiger partial charge on any atom is 0.220 e. The van der Waals surface area contributed by atoms with Crippen molar-refractivity contribution in [1.82, 2.24) is 5.32 Å². The van der Waals surface area contributed by atoms with Gasteiger partial charge in [0.2, 0.25) is 5.91 Å². The van der Waals surface area contributed by atoms with Gasteiger partial charge < -0.3 is 40.3 Å². The van der Waals surface area contributed by atoms with E-state index in [1.165, 1.54) is 244 Å². The van der Waals surface area contributed by atoms with Crippen LogP contribution in [-0.4, -0.2) is 87.5 Å². The predicted octanol–water partition coefficient (Wildman–Crippen LogP) is 15.4. The van der Waals surface area contributed by atoms with Crippen LogP contribution in [0.1, 0.15) is 303 Å². The van der Waals surface area contributed by atoms with Crippen LogP contribution < -0.4 is 5.32 Å². The van der Waals surface area contributed by atoms with E-state index in [-0.39, 0.29) is 12.5 Å². The number of allylic oxidation sites excluding steroid dienone is 3. The highest BCUT2D eigenvalue weighted by atomic mass is 16.7. The number of rotatable bonds is 53. The van der Waals surface area contributed by atoms with Gasteiger partial charge in [-0.25, -0.2) is 0 Å². The van der Waals surface area contributed by atoms with Crippen molar-refractivity contribution in [3.05, 3.63) is 24.3 Å². The van der Waals surface area contributed by atoms with Crippen LogP contribution >= 0.6 is 0 Å². The quantitative estimate of drug-likeness (QED) is 0.0261. The van der Waals surface area contributed by atoms with Crippen LogP contribution in [0.15, 0.2) is 24.3 Å². The van der Waals surface area contributed by atoms with Gasteiger partial charge in [0.15, 0.2) is 6.29 Å². The highest BCUT2D eigenvalue weighted by Crippen LogP contribution is 2.23. The Morgan fingerprint density at radius 3 is 1.16 bits per heavy atom. The van der Waals surface area contributed by atoms with Crippen LogP contribution in [-0.2, 0) is 14.3 Å². The van der Waals surface area contributed by atoms with E-state index in [4.69, 9.17) is 9.47 Å². The van der Waals surface area contributed by atoms with Gasteiger partial charge in [0, 0.05) is 6.42 Å². The molecule has 9 nitrogen and oxygen atoms in total. The highest BCUT2D eigenvalue weighted by Gasteiger charge is 2.44. The van der Waals surface area contributed by atoms with Gasteiger partial charge in [-0.1, -0.05) is 276 Å². The first-order valence-electron chi connectivity index (χ1n) is 30.6. The van der Waals surface area contributed by atoms with Crippen LogP contribution in [0.5, 0.6) is 0 Å². The molecule has 9 heteroatoms. The number of carbonyl (C=O) groups excluding carboxylic acids is 1. The van der Waals surface area contributed by atoms with Gasteiger partial charge in [0.05, 0.1) is 25.4 Å². The van der Waals surface area contributed by atoms with Crippen LogP contribution in [0, 0.1) is 0 Å². The van der Waals surface area contributed by atoms with Gasteiger partial charge in [-0.05, 0) is 44.9 Å². The average Bonchev–Trinajstić information content (AvgIpc) is 3.36. The molecular formula is C61H117NO8. The van der Waals surface area contributed by atoms with Gasteiger partial charge in [-0.2, -0.15) is 0 Å². The van der Waals surface area contributed by atoms with Crippen molar-refractivity contribution < 1.29 is 39.8 Å². The molecule has 0 aromatic rings. The highest BCUT2D eigenvalue weighted by molar-refractivity contribution is 5.76. The lowest BCUT2D eigenvalue weighted by Gasteiger charge is -2.40. The zero-order valence-electron chi connectivity index (χ0n) is 46.0. The molecule has 1 aliphatic heterocycles. The maximum absolute atomic E-state index is 13.1. The molecule has 7 unspecified atom stereocenters. The van der Waals surface area contributed by atoms with Crippen LogP contribution in [0.4, 0.5) is 0 Å². The summed E-state index contributed by atoms with van der Waals surface area (Å²) in [4.78, 5) is 13.1. The standard InChI is InChI=1S/C61H117NO8/c1-3-5-7-9-11-13-15-17-19-20-21-22-23-24-25-26-27-28-29-30-31-32-33-34-35-37-39-41-43-45-47-49-51-57(65)62-54(53-69-61-60(68)59(67)58(66)56(52-63)70-61)55(64)50-48-46-44-42-40-38-36-18-16-14-12-10-8-6-4-2/h24-25,48,50,54-56,58-61,63-64,66-68H,3-23,26-47,49,51-53H2,1-2H3,(H,62,65)/b25-24-,50-48+. The number of aliphatic hydroxyl groups excluding tert-OH is 5. The number of unbranched alkanes of at least 4 members (excludes halogenated alkanes) is 41. The Kier molecular flexibility index (Phi) is 48.7. The molecule has 0 saturated carbocycles. The Hall–Kier alpha value is -1.33. The molecule has 0 aliphatic carbocycles. The minimum absolute atomic E-state index is 0.172. The molecule has 1 fully saturated rings. The Morgan fingerprint density at radius 2 is 0.800 bits per heavy atom. The fourth-order valence-electron chi connectivity index (χ4n) is 9.92. The lowest BCUT2D eigenvalue weighted by atomic mass is 9.99. The summed E-state index contributed by atoms with van der Waals surface area (Å²) >= 11 is 0. The summed E-state index contributed by atoms with van der Waals surface area (Å²) in [7, 11) is 0. The Bertz CT molecular complexity index is 1150. The predicted molar refractivity (Wildman–Crippen MR) is 295 cm³/mol. The first-order chi connectivity index (χ1) is 34.3. The minimum atomic E-state index is -1.56. The zero-order chi connectivity index (χ0) is 50.8. The second kappa shape index (κ2) is 51.2. The van der Waals surface area contributed by atoms with E-state index in [1.807, 2.05) is 6.08 Å². The van der Waals surface area contributed by atoms with E-state index in [2.05, 4.69) is 31.3 Å². The van der Waals surface area contributed by atoms with Crippen molar-refractivity contribution in [3.8, 4) is 0 Å². The number of hydrogen-bond donors (Lipinski definition) is 6. The molecule has 1 amide bonds. The number of amides is 1. The average molecular weight is 993 g/mol. The monoisotopic (exact) mass is 992 g/mol. The maximum atomic E-state index is 13.1. The number of nitrogens with one attached hydrogen (secondary N) is 1. The van der Waals surface area contributed by atoms with Crippen molar-refractivity contribution in [2.75, 3.05) is 13.2 Å². The molecule has 7 atom stereocenters. The molecular weight excluding hydrogens is 875 g/mol. The minimum Gasteiger partial charge on any atom is -0.394 e. The number of ether oxygens (including phenoxy) is 2. The number of aliphatic hydroxyl groups is 5. The molecule has 1 rings (SSSR count). The molecule has 0 spiro atoms. The summed E-state index contributed by atoms with van der Waals surface area (Å²) in [5.74, 6) is -0.172. The Balaban J connectivity index is 2.12. The van der Waals surface area contributed by atoms with Gasteiger partial charge in [0.25, 0.3) is 0 Å². The lowest BCUT2D eigenvalue weighted by Crippen LogP contribution is -2.60. The summed E-state index contributed by atoms with van der Waals surface area (Å²) < 4.78 is 11.3. The molecule has 0 radical (unpaired) electrons. The Labute approximate surface area is 432 Å². The summed E-state index contributed by atoms with van der Waals surface area (Å²) in [6.07, 6.45) is 58.4. The summed E-state index contributed by atoms with van der Waals surface area (Å²) in [6.45, 7) is 3.81. The first kappa shape index (κ1) is 66.7. The zero-order valence-corrected chi connectivity index (χ0v) is 46.0. The summed E-state index contributed by atoms with van der Waals surface area (Å²) in [6, 6.07) is -0.802. The first-order valence-corrected chi connectivity index (χ1v) is 30.6. The van der Waals surface area contributed by atoms with Gasteiger partial charge in [-0.3, -0.25) is 4.79 Å². The molecule has 0 aromatic heterocycles. The van der Waals surface area contributed by atoms with Crippen molar-refractivity contribution in [1.29, 1.82) is 0 Å². The normalized spacial score (nSPS) is 19.4. The van der Waals surface area contributed by atoms with Crippen molar-refractivity contribution in [2.45, 2.75) is 346 Å². The molecule has 0 bridgehead atoms. The fourth-order valence-corrected chi connectivity index (χ4v) is 9.92. The van der Waals surface area contributed by atoms with E-state index in [1.54, 1.807) is 6.08 Å². The molecule has 414 valence electrons. The molecule has 1 heterocycles. The number of carbonyl (C=O) groups is 1. The molecule has 6 N–H and O–H groups in total. The second-order valence-corrected chi connectivity index (χ2v) is 21.5. The fraction of sp³-hybridized carbons (Fsp3) is 0.918. The van der Waals surface area contributed by atoms with Crippen molar-refractivity contribution in [2.24, 2.45) is 0 Å². The van der Waals surface area contributed by atoms with E-state index in [0.29, 0.717) is 6.42 Å². The van der Waals surface area contributed by atoms with Crippen LogP contribution in [0.3, 0.4) is 0 Å². The summed E-state index contributed by atoms with van der Waals surface area (Å²) in [5.41, 5.74) is 0. The van der Waals surface area contributed by atoms with E-state index < -0.39 is 49.5 Å². The lowest BCUT2D eigenvalue weighted by molar-refractivity contribution is -0.302. The third-order valence-electron chi connectivity index (χ3n) is 14.8. The third kappa shape index (κ3) is 40.1. The SMILES string of the molecule is CCCCCCCCCCCCCC/C=C\CCCCCCCCCCCCCCCCCCC(=O)NC(COC1OC(CO)C(O)C(O)C1O)C(O)/C=C/CCCCCCCCCCCCCCC. The van der Waals surface area contributed by atoms with Gasteiger partial charge in [0.1, 0.15) is 24.4 Å². The largest absolute Gasteiger partial charge is 0.394 e. The Morgan fingerprint density at radius 1 is 0.471 bits per heavy atom. The topological polar surface area (TPSA) is 149 Å². The smallest absolute Gasteiger partial charge is 0.220 e. The molecule has 1 saturated heterocycles. The number of hydrogen-bond acceptors (Lipinski definition) is 8. The van der Waals surface area contributed by atoms with Crippen LogP contribution in [0.25, 0.3) is 0 Å². The van der Waals surface area contributed by atoms with Gasteiger partial charge >= 0.3 is 0 Å². The van der Waals surface area contributed by atoms with Crippen molar-refractivity contribution >= 4 is 5.91 Å². The summed E-state index contributed by atoms with van der Waals surface area (Å²) in [5, 5.41) is 54.5. The van der Waals surface area contributed by atoms with Crippen LogP contribution in [0.2, 0.25) is 0 Å². The third-order valence-corrected chi connectivity index (χ3v) is 14.8. The van der Waals surface area contributed by atoms with Gasteiger partial charge in [-0.15, -0.1) is 0 Å². The van der Waals surface area contributed by atoms with E-state index in [0.717, 1.165) is 38.5 Å². The molecule has 70 heavy (non-hydrogen) atoms. The van der Waals surface area contributed by atoms with E-state index >= 15 is 0 Å². The van der Waals surface area contributed by atoms with E-state index in [9.17, 15) is 30.3 Å². The van der Waals surface area contributed by atoms with Crippen molar-refractivity contribution in [3.63, 3.8) is 0 Å². The molecule has 1 aliphatic rings. The second-order valence-electron chi connectivity index (χ2n) is 21.5. The molecule has 0 aromatic carbocycles.